The van der Waals surface area contributed by atoms with Gasteiger partial charge in [-0.25, -0.2) is 0 Å². The van der Waals surface area contributed by atoms with Crippen LogP contribution in [0.25, 0.3) is 0 Å². The van der Waals surface area contributed by atoms with Crippen LogP contribution in [0.15, 0.2) is 0 Å². The second-order valence-corrected chi connectivity index (χ2v) is 5.29. The Bertz CT molecular complexity index is 551. The van der Waals surface area contributed by atoms with Crippen LogP contribution in [0.1, 0.15) is 35.0 Å². The molecule has 0 bridgehead atoms. The monoisotopic (exact) mass is 286 g/mol. The van der Waals surface area contributed by atoms with E-state index in [1.165, 1.54) is 11.5 Å². The molecule has 0 aliphatic carbocycles. The van der Waals surface area contributed by atoms with Crippen LogP contribution in [-0.2, 0) is 19.9 Å². The second-order valence-electron chi connectivity index (χ2n) is 4.13. The van der Waals surface area contributed by atoms with E-state index in [2.05, 4.69) is 14.7 Å². The van der Waals surface area contributed by atoms with Crippen LogP contribution >= 0.6 is 23.1 Å². The van der Waals surface area contributed by atoms with E-state index in [0.717, 1.165) is 28.4 Å². The van der Waals surface area contributed by atoms with Crippen LogP contribution in [0.2, 0.25) is 5.02 Å². The van der Waals surface area contributed by atoms with Gasteiger partial charge in [-0.05, 0) is 24.9 Å². The Balaban J connectivity index is 2.24. The summed E-state index contributed by atoms with van der Waals surface area (Å²) in [5.74, 6) is 0. The van der Waals surface area contributed by atoms with Crippen LogP contribution in [0.5, 0.6) is 0 Å². The van der Waals surface area contributed by atoms with E-state index >= 15 is 0 Å². The number of aliphatic hydroxyl groups excluding tert-OH is 1. The lowest BCUT2D eigenvalue weighted by Crippen LogP contribution is -2.06. The minimum atomic E-state index is -0.636. The smallest absolute Gasteiger partial charge is 0.0972 e. The molecule has 1 N–H and O–H groups in total. The van der Waals surface area contributed by atoms with Gasteiger partial charge in [-0.3, -0.25) is 4.68 Å². The standard InChI is InChI=1S/C11H15ClN4OS/c1-4-7-10(12)8(16(3)14-7)5-9(17)11-6(2)13-15-18-11/h9,17H,4-5H2,1-3H3. The maximum atomic E-state index is 10.2. The van der Waals surface area contributed by atoms with E-state index in [1.807, 2.05) is 20.9 Å². The summed E-state index contributed by atoms with van der Waals surface area (Å²) in [6.07, 6.45) is 0.569. The number of aliphatic hydroxyl groups is 1. The summed E-state index contributed by atoms with van der Waals surface area (Å²) in [5, 5.41) is 19.1. The highest BCUT2D eigenvalue weighted by Crippen LogP contribution is 2.28. The van der Waals surface area contributed by atoms with Crippen LogP contribution in [0.3, 0.4) is 0 Å². The zero-order valence-electron chi connectivity index (χ0n) is 10.5. The van der Waals surface area contributed by atoms with Gasteiger partial charge in [0.1, 0.15) is 0 Å². The summed E-state index contributed by atoms with van der Waals surface area (Å²) < 4.78 is 5.56. The van der Waals surface area contributed by atoms with Crippen molar-refractivity contribution in [2.75, 3.05) is 0 Å². The summed E-state index contributed by atoms with van der Waals surface area (Å²) in [4.78, 5) is 0.783. The summed E-state index contributed by atoms with van der Waals surface area (Å²) >= 11 is 7.47. The first-order chi connectivity index (χ1) is 8.54. The summed E-state index contributed by atoms with van der Waals surface area (Å²) in [7, 11) is 1.84. The molecule has 2 heterocycles. The summed E-state index contributed by atoms with van der Waals surface area (Å²) in [6, 6.07) is 0. The Hall–Kier alpha value is -0.980. The van der Waals surface area contributed by atoms with Crippen LogP contribution in [0, 0.1) is 6.92 Å². The van der Waals surface area contributed by atoms with Gasteiger partial charge < -0.3 is 5.11 Å². The van der Waals surface area contributed by atoms with E-state index in [0.29, 0.717) is 11.4 Å². The molecule has 0 aliphatic heterocycles. The summed E-state index contributed by atoms with van der Waals surface area (Å²) in [5.41, 5.74) is 2.47. The van der Waals surface area contributed by atoms with Gasteiger partial charge in [-0.1, -0.05) is 23.0 Å². The van der Waals surface area contributed by atoms with E-state index in [9.17, 15) is 5.11 Å². The molecular weight excluding hydrogens is 272 g/mol. The lowest BCUT2D eigenvalue weighted by atomic mass is 10.1. The number of hydrogen-bond acceptors (Lipinski definition) is 5. The normalized spacial score (nSPS) is 12.9. The van der Waals surface area contributed by atoms with Crippen molar-refractivity contribution in [3.63, 3.8) is 0 Å². The predicted molar refractivity (Wildman–Crippen MR) is 70.9 cm³/mol. The molecule has 2 aromatic rings. The minimum absolute atomic E-state index is 0.424. The van der Waals surface area contributed by atoms with Gasteiger partial charge in [0, 0.05) is 13.5 Å². The van der Waals surface area contributed by atoms with Gasteiger partial charge in [-0.15, -0.1) is 5.10 Å². The first-order valence-corrected chi connectivity index (χ1v) is 6.86. The molecule has 18 heavy (non-hydrogen) atoms. The van der Waals surface area contributed by atoms with Crippen LogP contribution in [-0.4, -0.2) is 24.5 Å². The van der Waals surface area contributed by atoms with Crippen molar-refractivity contribution in [3.05, 3.63) is 27.0 Å². The maximum absolute atomic E-state index is 10.2. The van der Waals surface area contributed by atoms with Gasteiger partial charge in [-0.2, -0.15) is 5.10 Å². The van der Waals surface area contributed by atoms with Crippen molar-refractivity contribution in [2.24, 2.45) is 7.05 Å². The van der Waals surface area contributed by atoms with Crippen LogP contribution in [0.4, 0.5) is 0 Å². The van der Waals surface area contributed by atoms with Crippen molar-refractivity contribution in [2.45, 2.75) is 32.8 Å². The third-order valence-corrected chi connectivity index (χ3v) is 4.24. The molecule has 0 spiro atoms. The van der Waals surface area contributed by atoms with Gasteiger partial charge >= 0.3 is 0 Å². The fourth-order valence-corrected chi connectivity index (χ4v) is 2.86. The molecular formula is C11H15ClN4OS. The van der Waals surface area contributed by atoms with Gasteiger partial charge in [0.2, 0.25) is 0 Å². The average molecular weight is 287 g/mol. The minimum Gasteiger partial charge on any atom is -0.387 e. The van der Waals surface area contributed by atoms with Crippen LogP contribution < -0.4 is 0 Å². The van der Waals surface area contributed by atoms with Gasteiger partial charge in [0.05, 0.1) is 33.1 Å². The predicted octanol–water partition coefficient (Wildman–Crippen LogP) is 2.07. The third-order valence-electron chi connectivity index (χ3n) is 2.88. The zero-order chi connectivity index (χ0) is 13.3. The summed E-state index contributed by atoms with van der Waals surface area (Å²) in [6.45, 7) is 3.84. The fourth-order valence-electron chi connectivity index (χ4n) is 1.86. The molecule has 0 saturated carbocycles. The Kier molecular flexibility index (Phi) is 3.99. The number of aryl methyl sites for hydroxylation is 3. The number of nitrogens with zero attached hydrogens (tertiary/aromatic N) is 4. The number of aromatic nitrogens is 4. The topological polar surface area (TPSA) is 63.8 Å². The first-order valence-electron chi connectivity index (χ1n) is 5.71. The molecule has 0 aliphatic rings. The van der Waals surface area contributed by atoms with Crippen molar-refractivity contribution in [1.29, 1.82) is 0 Å². The molecule has 0 saturated heterocycles. The van der Waals surface area contributed by atoms with Gasteiger partial charge in [0.25, 0.3) is 0 Å². The molecule has 0 fully saturated rings. The largest absolute Gasteiger partial charge is 0.387 e. The second kappa shape index (κ2) is 5.34. The molecule has 1 unspecified atom stereocenters. The van der Waals surface area contributed by atoms with Gasteiger partial charge in [0.15, 0.2) is 0 Å². The highest BCUT2D eigenvalue weighted by atomic mass is 35.5. The Morgan fingerprint density at radius 1 is 1.50 bits per heavy atom. The van der Waals surface area contributed by atoms with E-state index in [-0.39, 0.29) is 0 Å². The average Bonchev–Trinajstić information content (AvgIpc) is 2.87. The maximum Gasteiger partial charge on any atom is 0.0972 e. The number of rotatable bonds is 4. The molecule has 98 valence electrons. The van der Waals surface area contributed by atoms with E-state index in [1.54, 1.807) is 4.68 Å². The van der Waals surface area contributed by atoms with Crippen molar-refractivity contribution < 1.29 is 5.11 Å². The Morgan fingerprint density at radius 2 is 2.22 bits per heavy atom. The molecule has 7 heteroatoms. The molecule has 0 radical (unpaired) electrons. The molecule has 5 nitrogen and oxygen atoms in total. The van der Waals surface area contributed by atoms with Crippen molar-refractivity contribution in [1.82, 2.24) is 19.4 Å². The zero-order valence-corrected chi connectivity index (χ0v) is 12.1. The Morgan fingerprint density at radius 3 is 2.72 bits per heavy atom. The first kappa shape index (κ1) is 13.5. The molecule has 2 aromatic heterocycles. The molecule has 1 atom stereocenters. The molecule has 2 rings (SSSR count). The van der Waals surface area contributed by atoms with Crippen molar-refractivity contribution in [3.8, 4) is 0 Å². The lowest BCUT2D eigenvalue weighted by Gasteiger charge is -2.09. The highest BCUT2D eigenvalue weighted by molar-refractivity contribution is 7.05. The molecule has 0 amide bonds. The molecule has 0 aromatic carbocycles. The highest BCUT2D eigenvalue weighted by Gasteiger charge is 2.20. The lowest BCUT2D eigenvalue weighted by molar-refractivity contribution is 0.178. The van der Waals surface area contributed by atoms with Crippen molar-refractivity contribution >= 4 is 23.1 Å². The quantitative estimate of drug-likeness (QED) is 0.934. The van der Waals surface area contributed by atoms with E-state index in [4.69, 9.17) is 11.6 Å². The fraction of sp³-hybridized carbons (Fsp3) is 0.545. The SMILES string of the molecule is CCc1nn(C)c(CC(O)c2snnc2C)c1Cl. The number of hydrogen-bond donors (Lipinski definition) is 1. The number of halogens is 1. The Labute approximate surface area is 115 Å². The van der Waals surface area contributed by atoms with E-state index < -0.39 is 6.10 Å². The third kappa shape index (κ3) is 2.41.